The fraction of sp³-hybridized carbons (Fsp3) is 1.00. The zero-order chi connectivity index (χ0) is 12.8. The first-order valence-corrected chi connectivity index (χ1v) is 8.29. The fourth-order valence-corrected chi connectivity index (χ4v) is 4.12. The summed E-state index contributed by atoms with van der Waals surface area (Å²) >= 11 is 0. The van der Waals surface area contributed by atoms with E-state index in [9.17, 15) is 0 Å². The summed E-state index contributed by atoms with van der Waals surface area (Å²) in [4.78, 5) is 2.89. The van der Waals surface area contributed by atoms with Gasteiger partial charge in [0.1, 0.15) is 0 Å². The number of likely N-dealkylation sites (N-methyl/N-ethyl adjacent to an activating group) is 1. The highest BCUT2D eigenvalue weighted by atomic mass is 15.2. The molecule has 2 aliphatic rings. The molecule has 0 spiro atoms. The average molecular weight is 252 g/mol. The normalized spacial score (nSPS) is 35.3. The van der Waals surface area contributed by atoms with Crippen LogP contribution in [-0.2, 0) is 0 Å². The summed E-state index contributed by atoms with van der Waals surface area (Å²) in [5, 5.41) is 3.61. The minimum Gasteiger partial charge on any atom is -0.315 e. The van der Waals surface area contributed by atoms with Crippen molar-refractivity contribution in [3.05, 3.63) is 0 Å². The van der Waals surface area contributed by atoms with Gasteiger partial charge in [0.05, 0.1) is 0 Å². The average Bonchev–Trinajstić information content (AvgIpc) is 2.65. The van der Waals surface area contributed by atoms with Crippen LogP contribution in [-0.4, -0.2) is 36.6 Å². The number of piperidine rings is 1. The molecule has 0 aromatic heterocycles. The van der Waals surface area contributed by atoms with E-state index in [-0.39, 0.29) is 0 Å². The van der Waals surface area contributed by atoms with Gasteiger partial charge in [-0.2, -0.15) is 0 Å². The molecule has 2 rings (SSSR count). The molecule has 3 atom stereocenters. The van der Waals surface area contributed by atoms with Crippen LogP contribution in [0.3, 0.4) is 0 Å². The second-order valence-electron chi connectivity index (χ2n) is 6.28. The van der Waals surface area contributed by atoms with Gasteiger partial charge in [0.15, 0.2) is 0 Å². The monoisotopic (exact) mass is 252 g/mol. The zero-order valence-electron chi connectivity index (χ0n) is 12.5. The first kappa shape index (κ1) is 14.3. The predicted octanol–water partition coefficient (Wildman–Crippen LogP) is 3.56. The second kappa shape index (κ2) is 7.49. The Kier molecular flexibility index (Phi) is 5.97. The molecule has 1 aliphatic heterocycles. The van der Waals surface area contributed by atoms with Crippen molar-refractivity contribution in [2.75, 3.05) is 13.6 Å². The highest BCUT2D eigenvalue weighted by Gasteiger charge is 2.33. The largest absolute Gasteiger partial charge is 0.315 e. The summed E-state index contributed by atoms with van der Waals surface area (Å²) in [6.45, 7) is 3.70. The van der Waals surface area contributed by atoms with Gasteiger partial charge in [0.25, 0.3) is 0 Å². The maximum absolute atomic E-state index is 3.61. The topological polar surface area (TPSA) is 15.3 Å². The van der Waals surface area contributed by atoms with E-state index >= 15 is 0 Å². The maximum Gasteiger partial charge on any atom is 0.0252 e. The van der Waals surface area contributed by atoms with Crippen molar-refractivity contribution in [2.24, 2.45) is 0 Å². The van der Waals surface area contributed by atoms with Gasteiger partial charge in [0, 0.05) is 18.1 Å². The lowest BCUT2D eigenvalue weighted by atomic mass is 9.92. The van der Waals surface area contributed by atoms with Crippen LogP contribution >= 0.6 is 0 Å². The van der Waals surface area contributed by atoms with E-state index in [0.29, 0.717) is 0 Å². The fourth-order valence-electron chi connectivity index (χ4n) is 4.12. The Labute approximate surface area is 114 Å². The lowest BCUT2D eigenvalue weighted by molar-refractivity contribution is 0.0640. The second-order valence-corrected chi connectivity index (χ2v) is 6.28. The molecule has 2 nitrogen and oxygen atoms in total. The standard InChI is InChI=1S/C16H32N2/c1-3-9-14-10-7-8-13-18(14)16-12-6-4-5-11-15(16)17-2/h14-17H,3-13H2,1-2H3. The van der Waals surface area contributed by atoms with E-state index in [1.807, 2.05) is 0 Å². The smallest absolute Gasteiger partial charge is 0.0252 e. The maximum atomic E-state index is 3.61. The number of rotatable bonds is 4. The minimum atomic E-state index is 0.741. The molecule has 0 aromatic carbocycles. The van der Waals surface area contributed by atoms with Gasteiger partial charge in [-0.15, -0.1) is 0 Å². The van der Waals surface area contributed by atoms with Crippen LogP contribution in [0.25, 0.3) is 0 Å². The van der Waals surface area contributed by atoms with Crippen molar-refractivity contribution in [2.45, 2.75) is 89.3 Å². The summed E-state index contributed by atoms with van der Waals surface area (Å²) in [5.41, 5.74) is 0. The van der Waals surface area contributed by atoms with Crippen molar-refractivity contribution in [1.82, 2.24) is 10.2 Å². The first-order chi connectivity index (χ1) is 8.86. The lowest BCUT2D eigenvalue weighted by Crippen LogP contribution is -2.54. The van der Waals surface area contributed by atoms with Gasteiger partial charge in [-0.1, -0.05) is 39.0 Å². The lowest BCUT2D eigenvalue weighted by Gasteiger charge is -2.44. The Bertz CT molecular complexity index is 227. The van der Waals surface area contributed by atoms with Gasteiger partial charge in [-0.25, -0.2) is 0 Å². The molecule has 1 N–H and O–H groups in total. The molecule has 0 amide bonds. The van der Waals surface area contributed by atoms with Crippen molar-refractivity contribution in [3.8, 4) is 0 Å². The molecule has 3 unspecified atom stereocenters. The Morgan fingerprint density at radius 3 is 2.56 bits per heavy atom. The summed E-state index contributed by atoms with van der Waals surface area (Å²) in [6.07, 6.45) is 14.2. The van der Waals surface area contributed by atoms with Crippen LogP contribution in [0.4, 0.5) is 0 Å². The van der Waals surface area contributed by atoms with Crippen LogP contribution in [0.15, 0.2) is 0 Å². The Morgan fingerprint density at radius 2 is 1.78 bits per heavy atom. The Morgan fingerprint density at radius 1 is 1.00 bits per heavy atom. The van der Waals surface area contributed by atoms with Crippen LogP contribution < -0.4 is 5.32 Å². The third kappa shape index (κ3) is 3.48. The molecule has 2 heteroatoms. The van der Waals surface area contributed by atoms with Crippen LogP contribution in [0.2, 0.25) is 0 Å². The highest BCUT2D eigenvalue weighted by molar-refractivity contribution is 4.91. The molecule has 2 fully saturated rings. The van der Waals surface area contributed by atoms with E-state index in [1.165, 1.54) is 70.8 Å². The molecular weight excluding hydrogens is 220 g/mol. The predicted molar refractivity (Wildman–Crippen MR) is 79.0 cm³/mol. The summed E-state index contributed by atoms with van der Waals surface area (Å²) < 4.78 is 0. The molecule has 0 aromatic rings. The van der Waals surface area contributed by atoms with Crippen molar-refractivity contribution in [3.63, 3.8) is 0 Å². The number of hydrogen-bond acceptors (Lipinski definition) is 2. The molecule has 0 bridgehead atoms. The van der Waals surface area contributed by atoms with Gasteiger partial charge in [-0.3, -0.25) is 4.90 Å². The van der Waals surface area contributed by atoms with E-state index in [4.69, 9.17) is 0 Å². The van der Waals surface area contributed by atoms with Gasteiger partial charge in [-0.05, 0) is 45.7 Å². The van der Waals surface area contributed by atoms with E-state index in [1.54, 1.807) is 0 Å². The minimum absolute atomic E-state index is 0.741. The van der Waals surface area contributed by atoms with E-state index in [0.717, 1.165) is 18.1 Å². The number of hydrogen-bond donors (Lipinski definition) is 1. The van der Waals surface area contributed by atoms with Gasteiger partial charge < -0.3 is 5.32 Å². The Balaban J connectivity index is 2.03. The molecule has 1 heterocycles. The van der Waals surface area contributed by atoms with E-state index < -0.39 is 0 Å². The van der Waals surface area contributed by atoms with Crippen molar-refractivity contribution in [1.29, 1.82) is 0 Å². The van der Waals surface area contributed by atoms with Gasteiger partial charge >= 0.3 is 0 Å². The SMILES string of the molecule is CCCC1CCCCN1C1CCCCCC1NC. The Hall–Kier alpha value is -0.0800. The molecule has 1 aliphatic carbocycles. The molecule has 18 heavy (non-hydrogen) atoms. The molecule has 106 valence electrons. The van der Waals surface area contributed by atoms with Crippen LogP contribution in [0, 0.1) is 0 Å². The van der Waals surface area contributed by atoms with Crippen LogP contribution in [0.5, 0.6) is 0 Å². The molecule has 1 saturated carbocycles. The molecule has 0 radical (unpaired) electrons. The van der Waals surface area contributed by atoms with Crippen molar-refractivity contribution < 1.29 is 0 Å². The summed E-state index contributed by atoms with van der Waals surface area (Å²) in [7, 11) is 2.17. The third-order valence-electron chi connectivity index (χ3n) is 5.07. The summed E-state index contributed by atoms with van der Waals surface area (Å²) in [5.74, 6) is 0. The zero-order valence-corrected chi connectivity index (χ0v) is 12.5. The van der Waals surface area contributed by atoms with Gasteiger partial charge in [0.2, 0.25) is 0 Å². The number of nitrogens with one attached hydrogen (secondary N) is 1. The number of nitrogens with zero attached hydrogens (tertiary/aromatic N) is 1. The third-order valence-corrected chi connectivity index (χ3v) is 5.07. The van der Waals surface area contributed by atoms with Crippen molar-refractivity contribution >= 4 is 0 Å². The quantitative estimate of drug-likeness (QED) is 0.770. The summed E-state index contributed by atoms with van der Waals surface area (Å²) in [6, 6.07) is 2.43. The first-order valence-electron chi connectivity index (χ1n) is 8.29. The highest BCUT2D eigenvalue weighted by Crippen LogP contribution is 2.29. The molecule has 1 saturated heterocycles. The van der Waals surface area contributed by atoms with E-state index in [2.05, 4.69) is 24.2 Å². The van der Waals surface area contributed by atoms with Crippen LogP contribution in [0.1, 0.15) is 71.1 Å². The molecular formula is C16H32N2. The number of likely N-dealkylation sites (tertiary alicyclic amines) is 1.